The first-order chi connectivity index (χ1) is 9.06. The van der Waals surface area contributed by atoms with Crippen LogP contribution in [0.5, 0.6) is 0 Å². The van der Waals surface area contributed by atoms with Gasteiger partial charge in [-0.15, -0.1) is 11.6 Å². The predicted octanol–water partition coefficient (Wildman–Crippen LogP) is 1.99. The van der Waals surface area contributed by atoms with Gasteiger partial charge in [0.2, 0.25) is 0 Å². The summed E-state index contributed by atoms with van der Waals surface area (Å²) in [5.74, 6) is -0.689. The number of imide groups is 1. The quantitative estimate of drug-likeness (QED) is 0.278. The Morgan fingerprint density at radius 2 is 1.89 bits per heavy atom. The number of nitrogens with zero attached hydrogens (tertiary/aromatic N) is 2. The van der Waals surface area contributed by atoms with Gasteiger partial charge in [0.15, 0.2) is 0 Å². The molecule has 0 saturated heterocycles. The Bertz CT molecular complexity index is 597. The molecule has 1 aliphatic heterocycles. The van der Waals surface area contributed by atoms with Gasteiger partial charge in [-0.05, 0) is 6.07 Å². The van der Waals surface area contributed by atoms with Crippen molar-refractivity contribution in [2.75, 3.05) is 12.4 Å². The van der Waals surface area contributed by atoms with Gasteiger partial charge in [0.05, 0.1) is 16.1 Å². The second-order valence-electron chi connectivity index (χ2n) is 3.83. The second kappa shape index (κ2) is 5.19. The van der Waals surface area contributed by atoms with Crippen LogP contribution in [0.15, 0.2) is 30.4 Å². The molecule has 2 rings (SSSR count). The molecule has 0 bridgehead atoms. The van der Waals surface area contributed by atoms with Crippen LogP contribution in [0.4, 0.5) is 5.69 Å². The Balaban J connectivity index is 2.33. The van der Waals surface area contributed by atoms with Crippen LogP contribution in [0.2, 0.25) is 0 Å². The summed E-state index contributed by atoms with van der Waals surface area (Å²) in [5, 5.41) is 10.7. The molecule has 1 aliphatic rings. The number of nitro groups is 1. The van der Waals surface area contributed by atoms with Crippen LogP contribution >= 0.6 is 11.6 Å². The molecule has 0 fully saturated rings. The van der Waals surface area contributed by atoms with Gasteiger partial charge in [0.25, 0.3) is 17.5 Å². The molecule has 0 aromatic heterocycles. The van der Waals surface area contributed by atoms with E-state index in [1.807, 2.05) is 0 Å². The third-order valence-electron chi connectivity index (χ3n) is 2.71. The van der Waals surface area contributed by atoms with Crippen molar-refractivity contribution < 1.29 is 14.5 Å². The molecule has 6 nitrogen and oxygen atoms in total. The summed E-state index contributed by atoms with van der Waals surface area (Å²) in [7, 11) is 0. The van der Waals surface area contributed by atoms with Crippen molar-refractivity contribution >= 4 is 29.1 Å². The lowest BCUT2D eigenvalue weighted by Crippen LogP contribution is -2.29. The topological polar surface area (TPSA) is 80.5 Å². The highest BCUT2D eigenvalue weighted by molar-refractivity contribution is 6.21. The number of fused-ring (bicyclic) bond motifs is 1. The molecular weight excluding hydrogens is 272 g/mol. The van der Waals surface area contributed by atoms with Crippen molar-refractivity contribution in [1.82, 2.24) is 4.90 Å². The maximum absolute atomic E-state index is 12.0. The van der Waals surface area contributed by atoms with Crippen LogP contribution in [0.3, 0.4) is 0 Å². The molecular formula is C12H9ClN2O4. The van der Waals surface area contributed by atoms with E-state index in [0.29, 0.717) is 0 Å². The molecule has 7 heteroatoms. The highest BCUT2D eigenvalue weighted by Crippen LogP contribution is 2.26. The molecule has 2 amide bonds. The summed E-state index contributed by atoms with van der Waals surface area (Å²) in [6.45, 7) is 0.104. The molecule has 0 spiro atoms. The Kier molecular flexibility index (Phi) is 3.62. The Morgan fingerprint density at radius 1 is 1.21 bits per heavy atom. The Labute approximate surface area is 113 Å². The summed E-state index contributed by atoms with van der Waals surface area (Å²) >= 11 is 5.45. The van der Waals surface area contributed by atoms with E-state index in [2.05, 4.69) is 0 Å². The van der Waals surface area contributed by atoms with E-state index in [1.54, 1.807) is 12.2 Å². The smallest absolute Gasteiger partial charge is 0.270 e. The lowest BCUT2D eigenvalue weighted by atomic mass is 10.1. The maximum atomic E-state index is 12.0. The molecule has 0 unspecified atom stereocenters. The van der Waals surface area contributed by atoms with Crippen LogP contribution in [0.1, 0.15) is 20.7 Å². The first-order valence-electron chi connectivity index (χ1n) is 5.42. The summed E-state index contributed by atoms with van der Waals surface area (Å²) in [4.78, 5) is 35.0. The lowest BCUT2D eigenvalue weighted by Gasteiger charge is -2.09. The van der Waals surface area contributed by atoms with Crippen molar-refractivity contribution in [3.05, 3.63) is 51.6 Å². The minimum atomic E-state index is -0.603. The first-order valence-corrected chi connectivity index (χ1v) is 5.95. The van der Waals surface area contributed by atoms with Crippen LogP contribution in [0, 0.1) is 10.1 Å². The Hall–Kier alpha value is -2.21. The normalized spacial score (nSPS) is 14.3. The van der Waals surface area contributed by atoms with E-state index in [-0.39, 0.29) is 29.2 Å². The zero-order chi connectivity index (χ0) is 14.0. The molecule has 0 radical (unpaired) electrons. The molecule has 1 aromatic carbocycles. The van der Waals surface area contributed by atoms with E-state index in [0.717, 1.165) is 11.0 Å². The summed E-state index contributed by atoms with van der Waals surface area (Å²) in [6, 6.07) is 3.64. The van der Waals surface area contributed by atoms with Gasteiger partial charge in [0, 0.05) is 24.6 Å². The number of halogens is 1. The zero-order valence-corrected chi connectivity index (χ0v) is 10.5. The van der Waals surface area contributed by atoms with Crippen LogP contribution < -0.4 is 0 Å². The second-order valence-corrected chi connectivity index (χ2v) is 4.14. The third kappa shape index (κ3) is 2.34. The standard InChI is InChI=1S/C12H9ClN2O4/c13-5-1-2-6-14-11(16)9-4-3-8(15(18)19)7-10(9)12(14)17/h1-4,7H,5-6H2. The molecule has 1 aromatic rings. The fraction of sp³-hybridized carbons (Fsp3) is 0.167. The molecule has 98 valence electrons. The predicted molar refractivity (Wildman–Crippen MR) is 68.3 cm³/mol. The largest absolute Gasteiger partial charge is 0.270 e. The van der Waals surface area contributed by atoms with Gasteiger partial charge in [-0.1, -0.05) is 12.2 Å². The number of hydrogen-bond acceptors (Lipinski definition) is 4. The zero-order valence-electron chi connectivity index (χ0n) is 9.71. The average molecular weight is 281 g/mol. The molecule has 0 aliphatic carbocycles. The minimum absolute atomic E-state index is 0.0680. The fourth-order valence-electron chi connectivity index (χ4n) is 1.80. The van der Waals surface area contributed by atoms with E-state index >= 15 is 0 Å². The van der Waals surface area contributed by atoms with Crippen molar-refractivity contribution in [3.8, 4) is 0 Å². The lowest BCUT2D eigenvalue weighted by molar-refractivity contribution is -0.384. The van der Waals surface area contributed by atoms with E-state index in [9.17, 15) is 19.7 Å². The summed E-state index contributed by atoms with van der Waals surface area (Å²) in [5.41, 5.74) is 0.0476. The number of hydrogen-bond donors (Lipinski definition) is 0. The number of non-ortho nitro benzene ring substituents is 1. The Morgan fingerprint density at radius 3 is 2.53 bits per heavy atom. The maximum Gasteiger partial charge on any atom is 0.270 e. The fourth-order valence-corrected chi connectivity index (χ4v) is 1.93. The number of rotatable bonds is 4. The van der Waals surface area contributed by atoms with Crippen molar-refractivity contribution in [2.45, 2.75) is 0 Å². The summed E-state index contributed by atoms with van der Waals surface area (Å²) in [6.07, 6.45) is 3.22. The van der Waals surface area contributed by atoms with E-state index in [1.165, 1.54) is 12.1 Å². The van der Waals surface area contributed by atoms with Gasteiger partial charge in [-0.25, -0.2) is 0 Å². The highest BCUT2D eigenvalue weighted by atomic mass is 35.5. The van der Waals surface area contributed by atoms with E-state index < -0.39 is 16.7 Å². The molecule has 0 atom stereocenters. The van der Waals surface area contributed by atoms with Crippen LogP contribution in [0.25, 0.3) is 0 Å². The van der Waals surface area contributed by atoms with Crippen LogP contribution in [-0.2, 0) is 0 Å². The highest BCUT2D eigenvalue weighted by Gasteiger charge is 2.35. The van der Waals surface area contributed by atoms with Gasteiger partial charge in [0.1, 0.15) is 0 Å². The van der Waals surface area contributed by atoms with E-state index in [4.69, 9.17) is 11.6 Å². The first kappa shape index (κ1) is 13.2. The number of benzene rings is 1. The molecule has 19 heavy (non-hydrogen) atoms. The van der Waals surface area contributed by atoms with Gasteiger partial charge in [-0.3, -0.25) is 24.6 Å². The van der Waals surface area contributed by atoms with Gasteiger partial charge >= 0.3 is 0 Å². The van der Waals surface area contributed by atoms with Gasteiger partial charge in [-0.2, -0.15) is 0 Å². The minimum Gasteiger partial charge on any atom is -0.270 e. The number of carbonyl (C=O) groups is 2. The molecule has 1 heterocycles. The molecule has 0 N–H and O–H groups in total. The van der Waals surface area contributed by atoms with Crippen molar-refractivity contribution in [3.63, 3.8) is 0 Å². The monoisotopic (exact) mass is 280 g/mol. The number of allylic oxidation sites excluding steroid dienone is 1. The average Bonchev–Trinajstić information content (AvgIpc) is 2.63. The summed E-state index contributed by atoms with van der Waals surface area (Å²) < 4.78 is 0. The number of carbonyl (C=O) groups excluding carboxylic acids is 2. The van der Waals surface area contributed by atoms with Gasteiger partial charge < -0.3 is 0 Å². The third-order valence-corrected chi connectivity index (χ3v) is 2.89. The van der Waals surface area contributed by atoms with Crippen molar-refractivity contribution in [1.29, 1.82) is 0 Å². The van der Waals surface area contributed by atoms with Crippen molar-refractivity contribution in [2.24, 2.45) is 0 Å². The molecule has 0 saturated carbocycles. The number of nitro benzene ring substituents is 1. The number of alkyl halides is 1. The van der Waals surface area contributed by atoms with Crippen LogP contribution in [-0.4, -0.2) is 34.1 Å². The number of amides is 2. The SMILES string of the molecule is O=C1c2ccc([N+](=O)[O-])cc2C(=O)N1CC=CCCl.